The van der Waals surface area contributed by atoms with Crippen molar-refractivity contribution in [2.24, 2.45) is 0 Å². The van der Waals surface area contributed by atoms with Crippen LogP contribution in [0, 0.1) is 0 Å². The largest absolute Gasteiger partial charge is 1.00 e. The molecule has 0 aromatic heterocycles. The van der Waals surface area contributed by atoms with Crippen molar-refractivity contribution in [3.8, 4) is 0 Å². The summed E-state index contributed by atoms with van der Waals surface area (Å²) in [5, 5.41) is 19.8. The van der Waals surface area contributed by atoms with Crippen LogP contribution in [0.25, 0.3) is 0 Å². The molecule has 0 atom stereocenters. The van der Waals surface area contributed by atoms with E-state index in [2.05, 4.69) is 0 Å². The van der Waals surface area contributed by atoms with E-state index in [9.17, 15) is 33.0 Å². The van der Waals surface area contributed by atoms with E-state index in [4.69, 9.17) is 0 Å². The summed E-state index contributed by atoms with van der Waals surface area (Å²) in [5.41, 5.74) is -3.84. The third-order valence-electron chi connectivity index (χ3n) is 1.35. The van der Waals surface area contributed by atoms with E-state index < -0.39 is 36.9 Å². The second-order valence-electron chi connectivity index (χ2n) is 2.31. The van der Waals surface area contributed by atoms with Gasteiger partial charge in [-0.25, -0.2) is 13.2 Å². The second kappa shape index (κ2) is 8.12. The van der Waals surface area contributed by atoms with Gasteiger partial charge < -0.3 is 19.8 Å². The maximum absolute atomic E-state index is 12.7. The standard InChI is InChI=1S/C6H7F3O4.2Li/c7-3(8)1-2-6(9,4(10)11)5(12)13;;/h3H,1-2H2,(H,10,11)(H,12,13);;/q;2*+1/p-2. The summed E-state index contributed by atoms with van der Waals surface area (Å²) in [6, 6.07) is 0. The van der Waals surface area contributed by atoms with Crippen LogP contribution in [0.3, 0.4) is 0 Å². The quantitative estimate of drug-likeness (QED) is 0.335. The van der Waals surface area contributed by atoms with Gasteiger partial charge in [-0.3, -0.25) is 0 Å². The number of hydrogen-bond donors (Lipinski definition) is 0. The van der Waals surface area contributed by atoms with Crippen LogP contribution in [0.15, 0.2) is 0 Å². The van der Waals surface area contributed by atoms with Crippen LogP contribution >= 0.6 is 0 Å². The number of carboxylic acid groups (broad SMARTS) is 2. The first-order valence-corrected chi connectivity index (χ1v) is 3.20. The minimum Gasteiger partial charge on any atom is -0.546 e. The molecule has 0 aliphatic rings. The third-order valence-corrected chi connectivity index (χ3v) is 1.35. The van der Waals surface area contributed by atoms with Crippen LogP contribution in [0.2, 0.25) is 0 Å². The number of halogens is 3. The molecule has 15 heavy (non-hydrogen) atoms. The summed E-state index contributed by atoms with van der Waals surface area (Å²) >= 11 is 0. The first kappa shape index (κ1) is 20.4. The van der Waals surface area contributed by atoms with E-state index in [-0.39, 0.29) is 37.7 Å². The van der Waals surface area contributed by atoms with Gasteiger partial charge in [-0.05, 0) is 6.42 Å². The molecule has 0 amide bonds. The monoisotopic (exact) mass is 212 g/mol. The topological polar surface area (TPSA) is 80.3 Å². The van der Waals surface area contributed by atoms with Gasteiger partial charge in [0.2, 0.25) is 6.43 Å². The van der Waals surface area contributed by atoms with Gasteiger partial charge >= 0.3 is 37.7 Å². The molecule has 0 heterocycles. The van der Waals surface area contributed by atoms with Crippen molar-refractivity contribution < 1.29 is 70.7 Å². The fourth-order valence-electron chi connectivity index (χ4n) is 0.595. The van der Waals surface area contributed by atoms with Crippen molar-refractivity contribution in [1.29, 1.82) is 0 Å². The first-order chi connectivity index (χ1) is 5.80. The molecule has 0 radical (unpaired) electrons. The van der Waals surface area contributed by atoms with Gasteiger partial charge in [0.1, 0.15) is 0 Å². The van der Waals surface area contributed by atoms with Crippen molar-refractivity contribution in [1.82, 2.24) is 0 Å². The molecule has 0 saturated heterocycles. The van der Waals surface area contributed by atoms with E-state index in [1.165, 1.54) is 0 Å². The van der Waals surface area contributed by atoms with Crippen LogP contribution < -0.4 is 47.9 Å². The van der Waals surface area contributed by atoms with Crippen molar-refractivity contribution in [2.45, 2.75) is 24.9 Å². The van der Waals surface area contributed by atoms with Gasteiger partial charge in [-0.1, -0.05) is 0 Å². The van der Waals surface area contributed by atoms with Gasteiger partial charge in [0.15, 0.2) is 5.67 Å². The van der Waals surface area contributed by atoms with E-state index in [1.807, 2.05) is 0 Å². The molecule has 0 aromatic rings. The first-order valence-electron chi connectivity index (χ1n) is 3.20. The second-order valence-corrected chi connectivity index (χ2v) is 2.31. The average Bonchev–Trinajstić information content (AvgIpc) is 1.99. The Bertz CT molecular complexity index is 210. The summed E-state index contributed by atoms with van der Waals surface area (Å²) in [6.07, 6.45) is -5.53. The van der Waals surface area contributed by atoms with Crippen LogP contribution in [0.1, 0.15) is 12.8 Å². The van der Waals surface area contributed by atoms with E-state index >= 15 is 0 Å². The Morgan fingerprint density at radius 3 is 1.67 bits per heavy atom. The Hall–Kier alpha value is -0.0752. The molecule has 9 heteroatoms. The minimum absolute atomic E-state index is 0. The molecular formula is C6H5F3Li2O4. The van der Waals surface area contributed by atoms with Crippen LogP contribution in [0.4, 0.5) is 13.2 Å². The fraction of sp³-hybridized carbons (Fsp3) is 0.667. The summed E-state index contributed by atoms with van der Waals surface area (Å²) in [6.45, 7) is 0. The van der Waals surface area contributed by atoms with Gasteiger partial charge in [0.25, 0.3) is 0 Å². The van der Waals surface area contributed by atoms with Crippen molar-refractivity contribution in [3.05, 3.63) is 0 Å². The van der Waals surface area contributed by atoms with Gasteiger partial charge in [0, 0.05) is 6.42 Å². The number of carbonyl (C=O) groups is 2. The molecule has 4 nitrogen and oxygen atoms in total. The average molecular weight is 212 g/mol. The Morgan fingerprint density at radius 1 is 1.13 bits per heavy atom. The Kier molecular flexibility index (Phi) is 11.0. The summed E-state index contributed by atoms with van der Waals surface area (Å²) in [4.78, 5) is 19.8. The number of hydrogen-bond acceptors (Lipinski definition) is 4. The molecule has 0 aliphatic heterocycles. The predicted octanol–water partition coefficient (Wildman–Crippen LogP) is -7.75. The normalized spacial score (nSPS) is 10.1. The smallest absolute Gasteiger partial charge is 0.546 e. The van der Waals surface area contributed by atoms with Crippen molar-refractivity contribution in [2.75, 3.05) is 0 Å². The third kappa shape index (κ3) is 6.16. The molecule has 0 N–H and O–H groups in total. The van der Waals surface area contributed by atoms with Crippen LogP contribution in [-0.4, -0.2) is 24.0 Å². The molecule has 0 bridgehead atoms. The Balaban J connectivity index is -0.000000720. The molecule has 0 spiro atoms. The van der Waals surface area contributed by atoms with Crippen LogP contribution in [-0.2, 0) is 9.59 Å². The number of carboxylic acids is 2. The zero-order valence-corrected chi connectivity index (χ0v) is 8.26. The Morgan fingerprint density at radius 2 is 1.47 bits per heavy atom. The minimum atomic E-state index is -3.84. The summed E-state index contributed by atoms with van der Waals surface area (Å²) in [5.74, 6) is -5.15. The van der Waals surface area contributed by atoms with Crippen molar-refractivity contribution >= 4 is 11.9 Å². The molecule has 0 aliphatic carbocycles. The van der Waals surface area contributed by atoms with Crippen LogP contribution in [0.5, 0.6) is 0 Å². The molecule has 0 unspecified atom stereocenters. The Labute approximate surface area is 108 Å². The summed E-state index contributed by atoms with van der Waals surface area (Å²) in [7, 11) is 0. The maximum Gasteiger partial charge on any atom is 1.00 e. The van der Waals surface area contributed by atoms with Gasteiger partial charge in [-0.2, -0.15) is 0 Å². The number of carbonyl (C=O) groups excluding carboxylic acids is 2. The number of aliphatic carboxylic acids is 2. The molecule has 0 fully saturated rings. The van der Waals surface area contributed by atoms with Gasteiger partial charge in [0.05, 0.1) is 11.9 Å². The molecule has 0 aromatic carbocycles. The molecule has 0 rings (SSSR count). The van der Waals surface area contributed by atoms with E-state index in [0.29, 0.717) is 0 Å². The number of rotatable bonds is 5. The number of alkyl halides is 3. The SMILES string of the molecule is O=C([O-])C(F)(CCC(F)F)C(=O)[O-].[Li+].[Li+]. The molecule has 76 valence electrons. The van der Waals surface area contributed by atoms with E-state index in [1.54, 1.807) is 0 Å². The summed E-state index contributed by atoms with van der Waals surface area (Å²) < 4.78 is 35.7. The zero-order chi connectivity index (χ0) is 10.6. The predicted molar refractivity (Wildman–Crippen MR) is 29.1 cm³/mol. The maximum atomic E-state index is 12.7. The van der Waals surface area contributed by atoms with Gasteiger partial charge in [-0.15, -0.1) is 0 Å². The zero-order valence-electron chi connectivity index (χ0n) is 8.26. The van der Waals surface area contributed by atoms with E-state index in [0.717, 1.165) is 0 Å². The molecule has 0 saturated carbocycles. The van der Waals surface area contributed by atoms with Crippen molar-refractivity contribution in [3.63, 3.8) is 0 Å². The fourth-order valence-corrected chi connectivity index (χ4v) is 0.595. The molecular weight excluding hydrogens is 207 g/mol.